The molecule has 0 spiro atoms. The molecule has 0 bridgehead atoms. The fraction of sp³-hybridized carbons (Fsp3) is 0.690. The van der Waals surface area contributed by atoms with Crippen molar-refractivity contribution in [3.8, 4) is 12.3 Å². The van der Waals surface area contributed by atoms with Gasteiger partial charge in [0, 0.05) is 49.4 Å². The third kappa shape index (κ3) is 257. The molecule has 3 atom stereocenters. The number of epoxide rings is 2. The van der Waals surface area contributed by atoms with Crippen molar-refractivity contribution in [1.29, 1.82) is 0 Å². The Bertz CT molecular complexity index is 2180. The van der Waals surface area contributed by atoms with Gasteiger partial charge >= 0.3 is 0 Å². The first kappa shape index (κ1) is 149. The number of rotatable bonds is 12. The van der Waals surface area contributed by atoms with Crippen LogP contribution in [0.5, 0.6) is 0 Å². The standard InChI is InChI=1S/C8H16O.C7H14O.C6H12O.C6H12.C5H8O.2C5H10.C4H8O.C4H6O.3C4H8.C3H5Cl.2C3H6O.C3H6.C3H4.C2H3NO.C2H3NS.C2H4O2.CH5N.CH4O3S.CH4O.CH4S/c1-3-5-8(4-2)6-9-7-8;1-3-7(4-2)5-8-6-7;1-3-6(2)4-7-5-6;1-3-5-6-4-2;1-4(2)5(3)6;1-4-5(2)3;1-3-5-4-2;1-3-4(2)5-3;1-3-4(2)5;1-4-2-3-4;1-4(2)3;1-3-4-2;1-3(2)4;1-3-2-4-3;1-3-4-2;2*1-3-2;2*1-3-2-4;1-2(3)4;1-2;1-5(2,3)4;2*1-2/h3-7H2,1-2H3;3-6H2,1-2H3;3-5H2,1-2H3;3,5H,4,6H2,1-2H3;1H2,2-3H3;4H,1-3H3;3,5H,4H2,1-2H3;3-4H,1-2H3;3H,1H2,2H3;4H,2-3H2,1H3;1H2,2-3H3;3-4H,1-2H3;1H2,2H3;3H,2H2,1H3;3H,1H2,2H3;3H,1H2,2H3;1H,2H3;2*1H3;1H3,(H,3,4);2H2,1H3;1H3,(H,2,3,4);2*2H,1H3/b;;;5-3+;;;5-3+;;;;;4-3+;;;;;;;;;;;;. The number of terminal acetylenes is 1. The van der Waals surface area contributed by atoms with Gasteiger partial charge in [-0.25, -0.2) is 14.8 Å². The largest absolute Gasteiger partial charge is 0.505 e. The highest BCUT2D eigenvalue weighted by Crippen LogP contribution is 2.36. The Hall–Kier alpha value is -4.98. The molecule has 6 aliphatic rings. The van der Waals surface area contributed by atoms with Crippen LogP contribution in [0.3, 0.4) is 0 Å². The van der Waals surface area contributed by atoms with Crippen molar-refractivity contribution in [3.63, 3.8) is 0 Å². The molecule has 6 fully saturated rings. The molecule has 0 aromatic rings. The molecule has 0 aromatic heterocycles. The van der Waals surface area contributed by atoms with Crippen molar-refractivity contribution in [2.75, 3.05) is 94.1 Å². The summed E-state index contributed by atoms with van der Waals surface area (Å²) in [6.07, 6.45) is 43.3. The van der Waals surface area contributed by atoms with Crippen LogP contribution >= 0.6 is 36.4 Å². The number of carbonyl (C=O) groups excluding carboxylic acids is 3. The Balaban J connectivity index is -0.0000000500. The highest BCUT2D eigenvalue weighted by Gasteiger charge is 2.35. The van der Waals surface area contributed by atoms with E-state index >= 15 is 0 Å². The predicted molar refractivity (Wildman–Crippen MR) is 490 cm³/mol. The Kier molecular flexibility index (Phi) is 177. The molecule has 1 aliphatic carbocycles. The summed E-state index contributed by atoms with van der Waals surface area (Å²) in [5, 5.41) is 17.2. The number of aliphatic carboxylic acids is 1. The third-order valence-corrected chi connectivity index (χ3v) is 12.3. The summed E-state index contributed by atoms with van der Waals surface area (Å²) in [5.74, 6) is 2.58. The molecule has 0 radical (unpaired) electrons. The first-order chi connectivity index (χ1) is 50.7. The van der Waals surface area contributed by atoms with Gasteiger partial charge in [-0.05, 0) is 213 Å². The summed E-state index contributed by atoms with van der Waals surface area (Å²) in [5.41, 5.74) is 9.38. The van der Waals surface area contributed by atoms with Crippen LogP contribution in [0, 0.1) is 34.5 Å². The zero-order valence-electron chi connectivity index (χ0n) is 76.5. The number of thiol groups is 1. The number of aliphatic imine (C=N–C) groups is 2. The minimum Gasteiger partial charge on any atom is -0.505 e. The number of hydrogen-bond acceptors (Lipinski definition) is 18. The highest BCUT2D eigenvalue weighted by atomic mass is 35.5. The number of aliphatic hydroxyl groups excluding tert-OH is 1. The van der Waals surface area contributed by atoms with Gasteiger partial charge in [0.25, 0.3) is 16.1 Å². The van der Waals surface area contributed by atoms with Crippen LogP contribution in [0.1, 0.15) is 264 Å². The van der Waals surface area contributed by atoms with E-state index in [0.717, 1.165) is 72.6 Å². The molecule has 652 valence electrons. The predicted octanol–water partition coefficient (Wildman–Crippen LogP) is 23.8. The van der Waals surface area contributed by atoms with E-state index in [1.54, 1.807) is 47.3 Å². The van der Waals surface area contributed by atoms with Gasteiger partial charge in [0.05, 0.1) is 89.3 Å². The topological polar surface area (TPSA) is 276 Å². The highest BCUT2D eigenvalue weighted by molar-refractivity contribution is 7.85. The second-order valence-corrected chi connectivity index (χ2v) is 26.5. The van der Waals surface area contributed by atoms with Gasteiger partial charge in [-0.1, -0.05) is 186 Å². The molecular weight excluding hydrogens is 1460 g/mol. The molecule has 22 heteroatoms. The van der Waals surface area contributed by atoms with Crippen LogP contribution in [0.25, 0.3) is 0 Å². The van der Waals surface area contributed by atoms with Gasteiger partial charge in [0.2, 0.25) is 6.08 Å². The quantitative estimate of drug-likeness (QED) is 0.0116. The van der Waals surface area contributed by atoms with E-state index in [4.69, 9.17) is 59.6 Å². The van der Waals surface area contributed by atoms with E-state index in [2.05, 4.69) is 237 Å². The number of halogens is 1. The van der Waals surface area contributed by atoms with Crippen LogP contribution in [0.2, 0.25) is 0 Å². The minimum atomic E-state index is -3.67. The number of thiocarbonyl (C=S) groups is 1. The molecule has 0 amide bonds. The lowest BCUT2D eigenvalue weighted by atomic mass is 9.79. The number of allylic oxidation sites excluding steroid dienone is 13. The smallest absolute Gasteiger partial charge is 0.300 e. The number of carbonyl (C=O) groups is 3. The number of carboxylic acid groups (broad SMARTS) is 1. The number of carboxylic acids is 1. The van der Waals surface area contributed by atoms with Crippen molar-refractivity contribution in [2.45, 2.75) is 283 Å². The molecule has 6 rings (SSSR count). The molecule has 5 saturated heterocycles. The summed E-state index contributed by atoms with van der Waals surface area (Å²) < 4.78 is 55.1. The Labute approximate surface area is 691 Å². The van der Waals surface area contributed by atoms with Crippen LogP contribution < -0.4 is 5.73 Å². The average molecular weight is 1630 g/mol. The van der Waals surface area contributed by atoms with Gasteiger partial charge in [0.15, 0.2) is 11.6 Å². The molecular formula is C87H174ClN3O15S3. The number of unbranched alkanes of at least 4 members (excludes halogenated alkanes) is 1. The summed E-state index contributed by atoms with van der Waals surface area (Å²) >= 11 is 12.7. The van der Waals surface area contributed by atoms with Gasteiger partial charge in [-0.15, -0.1) is 25.5 Å². The number of ketones is 2. The first-order valence-corrected chi connectivity index (χ1v) is 40.5. The number of nitrogens with zero attached hydrogens (tertiary/aromatic N) is 2. The van der Waals surface area contributed by atoms with Crippen LogP contribution in [-0.2, 0) is 57.7 Å². The molecule has 5 aliphatic heterocycles. The van der Waals surface area contributed by atoms with Crippen molar-refractivity contribution >= 4 is 75.3 Å². The van der Waals surface area contributed by atoms with Crippen molar-refractivity contribution in [2.24, 2.45) is 37.9 Å². The number of Topliss-reactive ketones (excluding diaryl/α,β-unsaturated/α-hetero) is 1. The zero-order chi connectivity index (χ0) is 90.9. The molecule has 3 unspecified atom stereocenters. The fourth-order valence-corrected chi connectivity index (χ4v) is 4.28. The lowest BCUT2D eigenvalue weighted by molar-refractivity contribution is -0.134. The Morgan fingerprint density at radius 2 is 0.945 bits per heavy atom. The maximum absolute atomic E-state index is 10.0. The lowest BCUT2D eigenvalue weighted by Crippen LogP contribution is -2.41. The van der Waals surface area contributed by atoms with Gasteiger partial charge in [-0.3, -0.25) is 18.9 Å². The number of aliphatic hydroxyl groups is 1. The number of nitrogens with two attached hydrogens (primary N) is 1. The van der Waals surface area contributed by atoms with E-state index in [1.165, 1.54) is 122 Å². The number of hydrogen-bond donors (Lipinski definition) is 5. The summed E-state index contributed by atoms with van der Waals surface area (Å²) in [7, 11) is 3.37. The summed E-state index contributed by atoms with van der Waals surface area (Å²) in [6.45, 7) is 82.6. The monoisotopic (exact) mass is 1630 g/mol. The maximum atomic E-state index is 10.0. The number of ether oxygens (including phenoxy) is 6. The molecule has 5 N–H and O–H groups in total. The van der Waals surface area contributed by atoms with Crippen LogP contribution in [-0.4, -0.2) is 164 Å². The van der Waals surface area contributed by atoms with Crippen LogP contribution in [0.15, 0.2) is 132 Å². The maximum Gasteiger partial charge on any atom is 0.300 e. The molecule has 109 heavy (non-hydrogen) atoms. The van der Waals surface area contributed by atoms with E-state index in [1.807, 2.05) is 60.6 Å². The molecule has 5 heterocycles. The van der Waals surface area contributed by atoms with E-state index in [-0.39, 0.29) is 11.6 Å². The zero-order valence-corrected chi connectivity index (χ0v) is 79.8. The van der Waals surface area contributed by atoms with E-state index < -0.39 is 16.1 Å². The normalized spacial score (nSPS) is 14.7. The second-order valence-electron chi connectivity index (χ2n) is 24.2. The molecule has 1 saturated carbocycles. The van der Waals surface area contributed by atoms with Crippen LogP contribution in [0.4, 0.5) is 0 Å². The average Bonchev–Trinajstić information content (AvgIpc) is 1.76. The summed E-state index contributed by atoms with van der Waals surface area (Å²) in [6, 6.07) is 0. The van der Waals surface area contributed by atoms with Crippen molar-refractivity contribution in [1.82, 2.24) is 0 Å². The van der Waals surface area contributed by atoms with Gasteiger partial charge in [-0.2, -0.15) is 21.0 Å². The van der Waals surface area contributed by atoms with Crippen molar-refractivity contribution < 1.29 is 70.8 Å². The number of isocyanates is 1. The fourth-order valence-electron chi connectivity index (χ4n) is 4.28. The van der Waals surface area contributed by atoms with Gasteiger partial charge in [0.1, 0.15) is 0 Å². The minimum absolute atomic E-state index is 0.0185. The van der Waals surface area contributed by atoms with E-state index in [9.17, 15) is 18.0 Å². The Morgan fingerprint density at radius 1 is 0.706 bits per heavy atom. The van der Waals surface area contributed by atoms with Gasteiger partial charge < -0.3 is 44.4 Å². The third-order valence-electron chi connectivity index (χ3n) is 12.1. The Morgan fingerprint density at radius 3 is 0.963 bits per heavy atom. The SMILES string of the molecule is C#CC.C/C=C/C.C/C=C/CC.C/C=C/CCC.C=C(C)C.C=C(C)C(C)=O.C=C(C)Cl.C=CC.C=CC(C)=O.C=COC.CC(=O)O.CC1CC1.CC1CO1.CC1OC1C.CC=C(C)C.CCC1(C)COC1.CCC1(CC)COC1.CCCC1(CC)COC1.CN.CN=C=O.CN=C=S.CO.CS.CS(=O)(=O)O. The summed E-state index contributed by atoms with van der Waals surface area (Å²) in [4.78, 5) is 43.9. The number of methoxy groups -OCH3 is 1. The van der Waals surface area contributed by atoms with E-state index in [0.29, 0.717) is 51.4 Å². The first-order valence-electron chi connectivity index (χ1n) is 36.9. The van der Waals surface area contributed by atoms with Crippen molar-refractivity contribution in [3.05, 3.63) is 122 Å². The molecule has 18 nitrogen and oxygen atoms in total. The lowest BCUT2D eigenvalue weighted by Gasteiger charge is -2.40. The molecule has 0 aromatic carbocycles. The second kappa shape index (κ2) is 129. The number of isothiocyanates is 1.